The maximum absolute atomic E-state index is 12.9. The van der Waals surface area contributed by atoms with E-state index in [0.717, 1.165) is 31.6 Å². The first-order valence-electron chi connectivity index (χ1n) is 10.6. The highest BCUT2D eigenvalue weighted by molar-refractivity contribution is 5.83. The second-order valence-corrected chi connectivity index (χ2v) is 8.62. The number of piperidine rings is 1. The molecule has 0 radical (unpaired) electrons. The summed E-state index contributed by atoms with van der Waals surface area (Å²) in [6, 6.07) is 11.8. The zero-order valence-corrected chi connectivity index (χ0v) is 18.3. The second-order valence-electron chi connectivity index (χ2n) is 8.62. The number of nitrogens with one attached hydrogen (secondary N) is 1. The third-order valence-corrected chi connectivity index (χ3v) is 5.19. The molecule has 1 amide bonds. The first kappa shape index (κ1) is 23.7. The number of rotatable bonds is 8. The number of nitrogens with zero attached hydrogens (tertiary/aromatic N) is 2. The van der Waals surface area contributed by atoms with Gasteiger partial charge in [0.05, 0.1) is 17.9 Å². The summed E-state index contributed by atoms with van der Waals surface area (Å²) in [6.07, 6.45) is 1.95. The van der Waals surface area contributed by atoms with Crippen molar-refractivity contribution in [2.45, 2.75) is 57.5 Å². The summed E-state index contributed by atoms with van der Waals surface area (Å²) in [5, 5.41) is 11.5. The van der Waals surface area contributed by atoms with Crippen molar-refractivity contribution < 1.29 is 19.1 Å². The van der Waals surface area contributed by atoms with Crippen LogP contribution in [0.5, 0.6) is 0 Å². The van der Waals surface area contributed by atoms with E-state index in [4.69, 9.17) is 14.7 Å². The van der Waals surface area contributed by atoms with Gasteiger partial charge in [-0.2, -0.15) is 5.26 Å². The Morgan fingerprint density at radius 1 is 1.20 bits per heavy atom. The number of carbonyl (C=O) groups is 2. The van der Waals surface area contributed by atoms with Crippen LogP contribution < -0.4 is 5.32 Å². The minimum atomic E-state index is -0.665. The number of carbonyl (C=O) groups excluding carboxylic acids is 2. The summed E-state index contributed by atoms with van der Waals surface area (Å²) in [5.74, 6) is -0.241. The van der Waals surface area contributed by atoms with Crippen LogP contribution in [0.1, 0.15) is 52.0 Å². The van der Waals surface area contributed by atoms with E-state index in [1.54, 1.807) is 0 Å². The predicted octanol–water partition coefficient (Wildman–Crippen LogP) is 3.39. The number of alkyl carbamates (subject to hydrolysis) is 1. The molecule has 164 valence electrons. The standard InChI is InChI=1S/C23H33N3O4/c1-22(2,3)30-21(28)25-14-8-15-26-16-11-23(12-17-26,19-9-5-4-6-10-19)20(27)29-18-7-13-24/h4-6,9-10H,7-8,11-12,14-18H2,1-3H3,(H,25,28). The molecular weight excluding hydrogens is 382 g/mol. The largest absolute Gasteiger partial charge is 0.464 e. The first-order valence-corrected chi connectivity index (χ1v) is 10.6. The fourth-order valence-electron chi connectivity index (χ4n) is 3.66. The fourth-order valence-corrected chi connectivity index (χ4v) is 3.66. The molecule has 1 N–H and O–H groups in total. The minimum absolute atomic E-state index is 0.129. The smallest absolute Gasteiger partial charge is 0.407 e. The summed E-state index contributed by atoms with van der Waals surface area (Å²) < 4.78 is 10.7. The Labute approximate surface area is 179 Å². The number of ether oxygens (including phenoxy) is 2. The van der Waals surface area contributed by atoms with Crippen LogP contribution in [0.2, 0.25) is 0 Å². The van der Waals surface area contributed by atoms with Crippen LogP contribution >= 0.6 is 0 Å². The molecule has 1 saturated heterocycles. The van der Waals surface area contributed by atoms with Gasteiger partial charge in [-0.05, 0) is 65.2 Å². The molecule has 1 aliphatic heterocycles. The van der Waals surface area contributed by atoms with E-state index in [1.807, 2.05) is 57.2 Å². The number of esters is 1. The van der Waals surface area contributed by atoms with Crippen LogP contribution in [0.4, 0.5) is 4.79 Å². The molecule has 1 aliphatic rings. The number of hydrogen-bond donors (Lipinski definition) is 1. The van der Waals surface area contributed by atoms with Crippen LogP contribution in [-0.2, 0) is 19.7 Å². The molecule has 0 atom stereocenters. The predicted molar refractivity (Wildman–Crippen MR) is 114 cm³/mol. The lowest BCUT2D eigenvalue weighted by molar-refractivity contribution is -0.152. The van der Waals surface area contributed by atoms with Gasteiger partial charge < -0.3 is 19.7 Å². The molecule has 0 saturated carbocycles. The number of nitriles is 1. The number of likely N-dealkylation sites (tertiary alicyclic amines) is 1. The first-order chi connectivity index (χ1) is 14.3. The molecule has 0 bridgehead atoms. The van der Waals surface area contributed by atoms with Gasteiger partial charge in [0.2, 0.25) is 0 Å². The van der Waals surface area contributed by atoms with Crippen LogP contribution in [0.25, 0.3) is 0 Å². The third kappa shape index (κ3) is 7.03. The Bertz CT molecular complexity index is 729. The summed E-state index contributed by atoms with van der Waals surface area (Å²) in [4.78, 5) is 27.0. The molecule has 1 fully saturated rings. The lowest BCUT2D eigenvalue weighted by atomic mass is 9.72. The summed E-state index contributed by atoms with van der Waals surface area (Å²) in [7, 11) is 0. The molecule has 2 rings (SSSR count). The van der Waals surface area contributed by atoms with Gasteiger partial charge >= 0.3 is 12.1 Å². The van der Waals surface area contributed by atoms with Crippen molar-refractivity contribution in [2.24, 2.45) is 0 Å². The molecule has 1 heterocycles. The van der Waals surface area contributed by atoms with Gasteiger partial charge in [0.25, 0.3) is 0 Å². The van der Waals surface area contributed by atoms with Gasteiger partial charge in [0.15, 0.2) is 0 Å². The number of amides is 1. The fraction of sp³-hybridized carbons (Fsp3) is 0.609. The maximum Gasteiger partial charge on any atom is 0.407 e. The van der Waals surface area contributed by atoms with E-state index in [1.165, 1.54) is 0 Å². The van der Waals surface area contributed by atoms with E-state index < -0.39 is 17.1 Å². The second kappa shape index (κ2) is 11.0. The lowest BCUT2D eigenvalue weighted by Gasteiger charge is -2.40. The van der Waals surface area contributed by atoms with Crippen LogP contribution in [-0.4, -0.2) is 55.3 Å². The van der Waals surface area contributed by atoms with Gasteiger partial charge in [-0.3, -0.25) is 4.79 Å². The topological polar surface area (TPSA) is 91.7 Å². The van der Waals surface area contributed by atoms with Crippen molar-refractivity contribution in [3.05, 3.63) is 35.9 Å². The van der Waals surface area contributed by atoms with E-state index >= 15 is 0 Å². The van der Waals surface area contributed by atoms with Gasteiger partial charge in [-0.1, -0.05) is 30.3 Å². The average molecular weight is 416 g/mol. The van der Waals surface area contributed by atoms with Crippen molar-refractivity contribution in [1.29, 1.82) is 5.26 Å². The Morgan fingerprint density at radius 3 is 2.47 bits per heavy atom. The Balaban J connectivity index is 1.87. The zero-order valence-electron chi connectivity index (χ0n) is 18.3. The minimum Gasteiger partial charge on any atom is -0.464 e. The van der Waals surface area contributed by atoms with E-state index in [9.17, 15) is 9.59 Å². The molecule has 7 nitrogen and oxygen atoms in total. The molecular formula is C23H33N3O4. The van der Waals surface area contributed by atoms with Crippen molar-refractivity contribution in [2.75, 3.05) is 32.8 Å². The van der Waals surface area contributed by atoms with Crippen molar-refractivity contribution in [3.63, 3.8) is 0 Å². The Kier molecular flexibility index (Phi) is 8.67. The average Bonchev–Trinajstić information content (AvgIpc) is 2.71. The summed E-state index contributed by atoms with van der Waals surface area (Å²) in [5.41, 5.74) is -0.195. The lowest BCUT2D eigenvalue weighted by Crippen LogP contribution is -2.48. The van der Waals surface area contributed by atoms with Crippen LogP contribution in [0, 0.1) is 11.3 Å². The van der Waals surface area contributed by atoms with Gasteiger partial charge in [-0.15, -0.1) is 0 Å². The molecule has 7 heteroatoms. The quantitative estimate of drug-likeness (QED) is 0.517. The molecule has 0 spiro atoms. The number of hydrogen-bond acceptors (Lipinski definition) is 6. The van der Waals surface area contributed by atoms with Crippen LogP contribution in [0.15, 0.2) is 30.3 Å². The third-order valence-electron chi connectivity index (χ3n) is 5.19. The Hall–Kier alpha value is -2.59. The monoisotopic (exact) mass is 415 g/mol. The van der Waals surface area contributed by atoms with Crippen molar-refractivity contribution in [1.82, 2.24) is 10.2 Å². The molecule has 1 aromatic carbocycles. The summed E-state index contributed by atoms with van der Waals surface area (Å²) >= 11 is 0. The summed E-state index contributed by atoms with van der Waals surface area (Å²) in [6.45, 7) is 8.57. The maximum atomic E-state index is 12.9. The molecule has 0 aliphatic carbocycles. The van der Waals surface area contributed by atoms with Gasteiger partial charge in [-0.25, -0.2) is 4.79 Å². The highest BCUT2D eigenvalue weighted by Gasteiger charge is 2.44. The van der Waals surface area contributed by atoms with E-state index in [0.29, 0.717) is 19.4 Å². The van der Waals surface area contributed by atoms with E-state index in [2.05, 4.69) is 10.2 Å². The van der Waals surface area contributed by atoms with Gasteiger partial charge in [0.1, 0.15) is 12.2 Å². The molecule has 30 heavy (non-hydrogen) atoms. The van der Waals surface area contributed by atoms with Crippen LogP contribution in [0.3, 0.4) is 0 Å². The highest BCUT2D eigenvalue weighted by Crippen LogP contribution is 2.37. The molecule has 1 aromatic rings. The Morgan fingerprint density at radius 2 is 1.87 bits per heavy atom. The number of benzene rings is 1. The van der Waals surface area contributed by atoms with Crippen molar-refractivity contribution >= 4 is 12.1 Å². The van der Waals surface area contributed by atoms with Gasteiger partial charge in [0, 0.05) is 6.54 Å². The van der Waals surface area contributed by atoms with E-state index in [-0.39, 0.29) is 19.0 Å². The zero-order chi connectivity index (χ0) is 22.0. The normalized spacial score (nSPS) is 16.3. The van der Waals surface area contributed by atoms with Crippen molar-refractivity contribution in [3.8, 4) is 6.07 Å². The SMILES string of the molecule is CC(C)(C)OC(=O)NCCCN1CCC(C(=O)OCCC#N)(c2ccccc2)CC1. The molecule has 0 aromatic heterocycles. The highest BCUT2D eigenvalue weighted by atomic mass is 16.6. The molecule has 0 unspecified atom stereocenters.